The summed E-state index contributed by atoms with van der Waals surface area (Å²) in [5, 5.41) is 2.96. The molecule has 0 aliphatic carbocycles. The van der Waals surface area contributed by atoms with Crippen LogP contribution < -0.4 is 14.4 Å². The Morgan fingerprint density at radius 2 is 1.62 bits per heavy atom. The number of nitrogens with one attached hydrogen (secondary N) is 1. The number of hydrogen-bond acceptors (Lipinski definition) is 4. The third kappa shape index (κ3) is 4.80. The molecule has 0 radical (unpaired) electrons. The fourth-order valence-electron chi connectivity index (χ4n) is 3.93. The monoisotopic (exact) mass is 478 g/mol. The van der Waals surface area contributed by atoms with Crippen molar-refractivity contribution in [2.45, 2.75) is 50.2 Å². The number of benzene rings is 3. The normalized spacial score (nSPS) is 16.8. The summed E-state index contributed by atoms with van der Waals surface area (Å²) in [6.07, 6.45) is -0.988. The summed E-state index contributed by atoms with van der Waals surface area (Å²) in [6, 6.07) is 23.1. The maximum atomic E-state index is 13.7. The van der Waals surface area contributed by atoms with Crippen LogP contribution in [0.3, 0.4) is 0 Å². The molecule has 178 valence electrons. The first kappa shape index (κ1) is 23.8. The van der Waals surface area contributed by atoms with Gasteiger partial charge in [-0.25, -0.2) is 8.42 Å². The van der Waals surface area contributed by atoms with Gasteiger partial charge in [-0.05, 0) is 47.7 Å². The number of carbonyl (C=O) groups is 1. The number of sulfonamides is 1. The second-order valence-corrected chi connectivity index (χ2v) is 11.4. The molecule has 2 atom stereocenters. The van der Waals surface area contributed by atoms with E-state index in [9.17, 15) is 13.2 Å². The Kier molecular flexibility index (Phi) is 6.41. The highest BCUT2D eigenvalue weighted by atomic mass is 32.2. The highest BCUT2D eigenvalue weighted by Gasteiger charge is 2.38. The fraction of sp³-hybridized carbons (Fsp3) is 0.296. The average Bonchev–Trinajstić information content (AvgIpc) is 2.83. The van der Waals surface area contributed by atoms with Gasteiger partial charge >= 0.3 is 0 Å². The largest absolute Gasteiger partial charge is 0.476 e. The van der Waals surface area contributed by atoms with Crippen molar-refractivity contribution in [3.05, 3.63) is 90.0 Å². The molecule has 1 heterocycles. The van der Waals surface area contributed by atoms with Gasteiger partial charge in [0.25, 0.3) is 15.9 Å². The quantitative estimate of drug-likeness (QED) is 0.571. The SMILES string of the molecule is C[C@@H](NC(=O)[C@@H]1CN(S(=O)(=O)c2ccccc2)c2cc(C(C)(C)C)ccc2O1)c1ccccc1. The van der Waals surface area contributed by atoms with Crippen molar-refractivity contribution in [3.63, 3.8) is 0 Å². The van der Waals surface area contributed by atoms with E-state index in [1.165, 1.54) is 4.31 Å². The van der Waals surface area contributed by atoms with Crippen LogP contribution in [0.2, 0.25) is 0 Å². The van der Waals surface area contributed by atoms with E-state index in [1.54, 1.807) is 36.4 Å². The lowest BCUT2D eigenvalue weighted by molar-refractivity contribution is -0.128. The van der Waals surface area contributed by atoms with Crippen molar-refractivity contribution in [1.82, 2.24) is 5.32 Å². The van der Waals surface area contributed by atoms with Crippen LogP contribution >= 0.6 is 0 Å². The third-order valence-corrected chi connectivity index (χ3v) is 7.77. The van der Waals surface area contributed by atoms with Crippen molar-refractivity contribution >= 4 is 21.6 Å². The Labute approximate surface area is 201 Å². The highest BCUT2D eigenvalue weighted by Crippen LogP contribution is 2.40. The summed E-state index contributed by atoms with van der Waals surface area (Å²) < 4.78 is 34.7. The van der Waals surface area contributed by atoms with Gasteiger partial charge in [0.15, 0.2) is 6.10 Å². The zero-order valence-corrected chi connectivity index (χ0v) is 20.7. The molecule has 0 unspecified atom stereocenters. The molecule has 0 fully saturated rings. The summed E-state index contributed by atoms with van der Waals surface area (Å²) >= 11 is 0. The first-order chi connectivity index (χ1) is 16.1. The van der Waals surface area contributed by atoms with E-state index >= 15 is 0 Å². The molecular weight excluding hydrogens is 448 g/mol. The van der Waals surface area contributed by atoms with E-state index in [0.29, 0.717) is 11.4 Å². The first-order valence-electron chi connectivity index (χ1n) is 11.3. The van der Waals surface area contributed by atoms with E-state index in [2.05, 4.69) is 26.1 Å². The maximum absolute atomic E-state index is 13.7. The lowest BCUT2D eigenvalue weighted by Crippen LogP contribution is -2.51. The van der Waals surface area contributed by atoms with Gasteiger partial charge in [0.05, 0.1) is 23.2 Å². The van der Waals surface area contributed by atoms with E-state index in [4.69, 9.17) is 4.74 Å². The van der Waals surface area contributed by atoms with Crippen LogP contribution in [0.15, 0.2) is 83.8 Å². The fourth-order valence-corrected chi connectivity index (χ4v) is 5.42. The molecule has 1 N–H and O–H groups in total. The molecule has 3 aromatic carbocycles. The lowest BCUT2D eigenvalue weighted by Gasteiger charge is -2.36. The van der Waals surface area contributed by atoms with Gasteiger partial charge in [0.1, 0.15) is 5.75 Å². The number of nitrogens with zero attached hydrogens (tertiary/aromatic N) is 1. The van der Waals surface area contributed by atoms with Crippen LogP contribution in [-0.4, -0.2) is 27.0 Å². The Hall–Kier alpha value is -3.32. The third-order valence-electron chi connectivity index (χ3n) is 5.98. The van der Waals surface area contributed by atoms with Crippen molar-refractivity contribution < 1.29 is 17.9 Å². The molecule has 0 spiro atoms. The molecule has 3 aromatic rings. The number of hydrogen-bond donors (Lipinski definition) is 1. The summed E-state index contributed by atoms with van der Waals surface area (Å²) in [5.74, 6) is 0.00133. The molecule has 1 aliphatic heterocycles. The van der Waals surface area contributed by atoms with Crippen LogP contribution in [0.25, 0.3) is 0 Å². The van der Waals surface area contributed by atoms with Crippen LogP contribution in [0.4, 0.5) is 5.69 Å². The van der Waals surface area contributed by atoms with Gasteiger partial charge in [-0.2, -0.15) is 0 Å². The van der Waals surface area contributed by atoms with Crippen molar-refractivity contribution in [2.24, 2.45) is 0 Å². The Morgan fingerprint density at radius 3 is 2.24 bits per heavy atom. The molecule has 34 heavy (non-hydrogen) atoms. The molecule has 0 saturated carbocycles. The second-order valence-electron chi connectivity index (χ2n) is 9.53. The smallest absolute Gasteiger partial charge is 0.264 e. The van der Waals surface area contributed by atoms with E-state index < -0.39 is 16.1 Å². The number of rotatable bonds is 5. The molecule has 1 amide bonds. The summed E-state index contributed by atoms with van der Waals surface area (Å²) in [5.41, 5.74) is 2.19. The Bertz CT molecular complexity index is 1270. The number of amides is 1. The second kappa shape index (κ2) is 9.14. The number of carbonyl (C=O) groups excluding carboxylic acids is 1. The molecule has 0 aromatic heterocycles. The molecule has 0 saturated heterocycles. The van der Waals surface area contributed by atoms with Gasteiger partial charge in [-0.3, -0.25) is 9.10 Å². The van der Waals surface area contributed by atoms with Gasteiger partial charge in [0, 0.05) is 0 Å². The van der Waals surface area contributed by atoms with Crippen LogP contribution in [0, 0.1) is 0 Å². The molecule has 0 bridgehead atoms. The van der Waals surface area contributed by atoms with Crippen molar-refractivity contribution in [1.29, 1.82) is 0 Å². The maximum Gasteiger partial charge on any atom is 0.264 e. The summed E-state index contributed by atoms with van der Waals surface area (Å²) in [7, 11) is -3.91. The first-order valence-corrected chi connectivity index (χ1v) is 12.8. The molecular formula is C27H30N2O4S. The Balaban J connectivity index is 1.70. The highest BCUT2D eigenvalue weighted by molar-refractivity contribution is 7.92. The van der Waals surface area contributed by atoms with Gasteiger partial charge in [0.2, 0.25) is 0 Å². The zero-order chi connectivity index (χ0) is 24.5. The van der Waals surface area contributed by atoms with E-state index in [-0.39, 0.29) is 28.8 Å². The summed E-state index contributed by atoms with van der Waals surface area (Å²) in [6.45, 7) is 7.96. The Morgan fingerprint density at radius 1 is 1.00 bits per heavy atom. The van der Waals surface area contributed by atoms with Gasteiger partial charge in [-0.15, -0.1) is 0 Å². The van der Waals surface area contributed by atoms with Crippen molar-refractivity contribution in [3.8, 4) is 5.75 Å². The zero-order valence-electron chi connectivity index (χ0n) is 19.9. The molecule has 6 nitrogen and oxygen atoms in total. The average molecular weight is 479 g/mol. The van der Waals surface area contributed by atoms with Crippen LogP contribution in [0.1, 0.15) is 44.9 Å². The standard InChI is InChI=1S/C27H30N2O4S/c1-19(20-11-7-5-8-12-20)28-26(30)25-18-29(34(31,32)22-13-9-6-10-14-22)23-17-21(27(2,3)4)15-16-24(23)33-25/h5-17,19,25H,18H2,1-4H3,(H,28,30)/t19-,25+/m1/s1. The molecule has 7 heteroatoms. The van der Waals surface area contributed by atoms with E-state index in [1.807, 2.05) is 49.4 Å². The minimum absolute atomic E-state index is 0.120. The number of ether oxygens (including phenoxy) is 1. The van der Waals surface area contributed by atoms with E-state index in [0.717, 1.165) is 11.1 Å². The predicted octanol–water partition coefficient (Wildman–Crippen LogP) is 4.82. The predicted molar refractivity (Wildman–Crippen MR) is 134 cm³/mol. The lowest BCUT2D eigenvalue weighted by atomic mass is 9.86. The molecule has 4 rings (SSSR count). The van der Waals surface area contributed by atoms with Gasteiger partial charge in [-0.1, -0.05) is 75.4 Å². The number of anilines is 1. The van der Waals surface area contributed by atoms with Gasteiger partial charge < -0.3 is 10.1 Å². The molecule has 1 aliphatic rings. The minimum Gasteiger partial charge on any atom is -0.476 e. The van der Waals surface area contributed by atoms with Crippen molar-refractivity contribution in [2.75, 3.05) is 10.8 Å². The van der Waals surface area contributed by atoms with Crippen LogP contribution in [-0.2, 0) is 20.2 Å². The topological polar surface area (TPSA) is 75.7 Å². The summed E-state index contributed by atoms with van der Waals surface area (Å²) in [4.78, 5) is 13.3. The number of fused-ring (bicyclic) bond motifs is 1. The minimum atomic E-state index is -3.91. The van der Waals surface area contributed by atoms with Crippen LogP contribution in [0.5, 0.6) is 5.75 Å².